The molecule has 4 fully saturated rings. The smallest absolute Gasteiger partial charge is 0.252 e. The molecule has 1 aromatic heterocycles. The lowest BCUT2D eigenvalue weighted by Crippen LogP contribution is -2.51. The molecule has 0 radical (unpaired) electrons. The predicted octanol–water partition coefficient (Wildman–Crippen LogP) is 4.22. The predicted molar refractivity (Wildman–Crippen MR) is 109 cm³/mol. The Kier molecular flexibility index (Phi) is 5.75. The van der Waals surface area contributed by atoms with Crippen molar-refractivity contribution in [2.45, 2.75) is 58.3 Å². The molecule has 0 aromatic carbocycles. The lowest BCUT2D eigenvalue weighted by Gasteiger charge is -2.56. The van der Waals surface area contributed by atoms with Gasteiger partial charge in [-0.1, -0.05) is 18.5 Å². The Balaban J connectivity index is 1.37. The summed E-state index contributed by atoms with van der Waals surface area (Å²) in [5.74, 6) is 2.68. The molecule has 4 nitrogen and oxygen atoms in total. The minimum absolute atomic E-state index is 0.0360. The Labute approximate surface area is 167 Å². The second-order valence-electron chi connectivity index (χ2n) is 9.21. The minimum atomic E-state index is -0.0360. The molecule has 1 amide bonds. The third-order valence-electron chi connectivity index (χ3n) is 6.98. The van der Waals surface area contributed by atoms with Gasteiger partial charge in [0.15, 0.2) is 0 Å². The summed E-state index contributed by atoms with van der Waals surface area (Å²) in [4.78, 5) is 17.2. The van der Waals surface area contributed by atoms with E-state index in [0.29, 0.717) is 16.0 Å². The van der Waals surface area contributed by atoms with E-state index in [1.54, 1.807) is 6.20 Å². The van der Waals surface area contributed by atoms with Crippen LogP contribution in [0.2, 0.25) is 5.02 Å². The molecular weight excluding hydrogens is 358 g/mol. The van der Waals surface area contributed by atoms with Crippen molar-refractivity contribution in [2.75, 3.05) is 19.6 Å². The first-order valence-corrected chi connectivity index (χ1v) is 11.1. The molecule has 4 aliphatic rings. The van der Waals surface area contributed by atoms with Crippen LogP contribution < -0.4 is 10.6 Å². The molecule has 4 aliphatic carbocycles. The Morgan fingerprint density at radius 3 is 2.52 bits per heavy atom. The molecule has 0 saturated heterocycles. The number of hydrogen-bond donors (Lipinski definition) is 2. The number of nitrogens with one attached hydrogen (secondary N) is 2. The summed E-state index contributed by atoms with van der Waals surface area (Å²) in [7, 11) is 0. The van der Waals surface area contributed by atoms with Crippen LogP contribution in [-0.4, -0.2) is 30.5 Å². The molecule has 4 bridgehead atoms. The van der Waals surface area contributed by atoms with Gasteiger partial charge in [-0.3, -0.25) is 9.78 Å². The summed E-state index contributed by atoms with van der Waals surface area (Å²) in [5.41, 5.74) is 1.87. The number of rotatable bonds is 8. The van der Waals surface area contributed by atoms with Crippen LogP contribution >= 0.6 is 11.6 Å². The number of aryl methyl sites for hydroxylation is 1. The molecule has 0 spiro atoms. The van der Waals surface area contributed by atoms with Gasteiger partial charge < -0.3 is 10.6 Å². The summed E-state index contributed by atoms with van der Waals surface area (Å²) in [6.45, 7) is 4.86. The summed E-state index contributed by atoms with van der Waals surface area (Å²) < 4.78 is 0. The lowest BCUT2D eigenvalue weighted by atomic mass is 9.49. The van der Waals surface area contributed by atoms with E-state index in [2.05, 4.69) is 22.5 Å². The van der Waals surface area contributed by atoms with Gasteiger partial charge >= 0.3 is 0 Å². The lowest BCUT2D eigenvalue weighted by molar-refractivity contribution is -0.0503. The van der Waals surface area contributed by atoms with Crippen LogP contribution in [0, 0.1) is 23.2 Å². The van der Waals surface area contributed by atoms with Crippen LogP contribution in [0.5, 0.6) is 0 Å². The highest BCUT2D eigenvalue weighted by molar-refractivity contribution is 6.33. The third-order valence-corrected chi connectivity index (χ3v) is 7.28. The number of halogens is 1. The van der Waals surface area contributed by atoms with Gasteiger partial charge in [0, 0.05) is 18.4 Å². The highest BCUT2D eigenvalue weighted by Gasteiger charge is 2.50. The summed E-state index contributed by atoms with van der Waals surface area (Å²) in [6, 6.07) is 1.88. The highest BCUT2D eigenvalue weighted by atomic mass is 35.5. The van der Waals surface area contributed by atoms with Crippen LogP contribution in [0.4, 0.5) is 0 Å². The van der Waals surface area contributed by atoms with E-state index in [-0.39, 0.29) is 5.91 Å². The van der Waals surface area contributed by atoms with Crippen molar-refractivity contribution >= 4 is 17.5 Å². The number of aromatic nitrogens is 1. The van der Waals surface area contributed by atoms with Crippen molar-refractivity contribution in [1.29, 1.82) is 0 Å². The first kappa shape index (κ1) is 19.2. The molecular formula is C22H32ClN3O. The van der Waals surface area contributed by atoms with Gasteiger partial charge in [0.05, 0.1) is 10.6 Å². The van der Waals surface area contributed by atoms with E-state index >= 15 is 0 Å². The second-order valence-corrected chi connectivity index (χ2v) is 9.62. The van der Waals surface area contributed by atoms with Crippen molar-refractivity contribution in [1.82, 2.24) is 15.6 Å². The molecule has 4 saturated carbocycles. The van der Waals surface area contributed by atoms with E-state index in [9.17, 15) is 4.79 Å². The van der Waals surface area contributed by atoms with Gasteiger partial charge in [-0.2, -0.15) is 0 Å². The Bertz CT molecular complexity index is 655. The molecule has 1 heterocycles. The molecule has 5 heteroatoms. The van der Waals surface area contributed by atoms with Crippen molar-refractivity contribution in [3.8, 4) is 0 Å². The number of hydrogen-bond acceptors (Lipinski definition) is 3. The van der Waals surface area contributed by atoms with Crippen molar-refractivity contribution < 1.29 is 4.79 Å². The molecule has 1 aromatic rings. The van der Waals surface area contributed by atoms with Crippen molar-refractivity contribution in [2.24, 2.45) is 23.2 Å². The van der Waals surface area contributed by atoms with Gasteiger partial charge in [0.2, 0.25) is 0 Å². The van der Waals surface area contributed by atoms with Crippen LogP contribution in [0.1, 0.15) is 67.9 Å². The fraction of sp³-hybridized carbons (Fsp3) is 0.727. The molecule has 27 heavy (non-hydrogen) atoms. The van der Waals surface area contributed by atoms with E-state index in [0.717, 1.165) is 55.9 Å². The number of carbonyl (C=O) groups excluding carboxylic acids is 1. The Hall–Kier alpha value is -1.13. The van der Waals surface area contributed by atoms with Crippen molar-refractivity contribution in [3.05, 3.63) is 28.5 Å². The standard InChI is InChI=1S/C22H32ClN3O/c1-2-24-5-3-4-18-9-19(20(23)13-25-18)21(27)26-14-22-10-15-6-16(11-22)8-17(7-15)12-22/h9,13,15-17,24H,2-8,10-12,14H2,1H3,(H,26,27). The molecule has 2 N–H and O–H groups in total. The zero-order valence-corrected chi connectivity index (χ0v) is 17.2. The minimum Gasteiger partial charge on any atom is -0.351 e. The number of amides is 1. The molecule has 0 atom stereocenters. The van der Waals surface area contributed by atoms with Crippen LogP contribution in [0.15, 0.2) is 12.3 Å². The zero-order chi connectivity index (χ0) is 18.9. The second kappa shape index (κ2) is 8.08. The zero-order valence-electron chi connectivity index (χ0n) is 16.4. The van der Waals surface area contributed by atoms with E-state index in [1.165, 1.54) is 38.5 Å². The average Bonchev–Trinajstić information content (AvgIpc) is 2.63. The summed E-state index contributed by atoms with van der Waals surface area (Å²) in [5, 5.41) is 7.01. The van der Waals surface area contributed by atoms with Crippen LogP contribution in [-0.2, 0) is 6.42 Å². The van der Waals surface area contributed by atoms with Gasteiger partial charge in [-0.05, 0) is 93.7 Å². The third kappa shape index (κ3) is 4.32. The molecule has 0 unspecified atom stereocenters. The van der Waals surface area contributed by atoms with Gasteiger partial charge in [0.25, 0.3) is 5.91 Å². The van der Waals surface area contributed by atoms with Gasteiger partial charge in [0.1, 0.15) is 0 Å². The monoisotopic (exact) mass is 389 g/mol. The summed E-state index contributed by atoms with van der Waals surface area (Å²) >= 11 is 6.29. The Morgan fingerprint density at radius 2 is 1.89 bits per heavy atom. The van der Waals surface area contributed by atoms with E-state index < -0.39 is 0 Å². The van der Waals surface area contributed by atoms with E-state index in [1.807, 2.05) is 6.07 Å². The van der Waals surface area contributed by atoms with Crippen LogP contribution in [0.3, 0.4) is 0 Å². The molecule has 0 aliphatic heterocycles. The maximum atomic E-state index is 12.9. The quantitative estimate of drug-likeness (QED) is 0.654. The number of nitrogens with zero attached hydrogens (tertiary/aromatic N) is 1. The Morgan fingerprint density at radius 1 is 1.22 bits per heavy atom. The first-order valence-electron chi connectivity index (χ1n) is 10.7. The number of carbonyl (C=O) groups is 1. The molecule has 5 rings (SSSR count). The normalized spacial score (nSPS) is 31.3. The average molecular weight is 390 g/mol. The van der Waals surface area contributed by atoms with Crippen molar-refractivity contribution in [3.63, 3.8) is 0 Å². The van der Waals surface area contributed by atoms with Gasteiger partial charge in [-0.25, -0.2) is 0 Å². The fourth-order valence-corrected chi connectivity index (χ4v) is 6.42. The fourth-order valence-electron chi connectivity index (χ4n) is 6.23. The summed E-state index contributed by atoms with van der Waals surface area (Å²) in [6.07, 6.45) is 11.7. The molecule has 148 valence electrons. The van der Waals surface area contributed by atoms with Gasteiger partial charge in [-0.15, -0.1) is 0 Å². The highest BCUT2D eigenvalue weighted by Crippen LogP contribution is 2.59. The topological polar surface area (TPSA) is 54.0 Å². The SMILES string of the molecule is CCNCCCc1cc(C(=O)NCC23CC4CC(CC(C4)C2)C3)c(Cl)cn1. The first-order chi connectivity index (χ1) is 13.1. The maximum Gasteiger partial charge on any atom is 0.252 e. The maximum absolute atomic E-state index is 12.9. The van der Waals surface area contributed by atoms with Crippen LogP contribution in [0.25, 0.3) is 0 Å². The van der Waals surface area contributed by atoms with E-state index in [4.69, 9.17) is 11.6 Å². The largest absolute Gasteiger partial charge is 0.351 e. The number of pyridine rings is 1.